The van der Waals surface area contributed by atoms with Gasteiger partial charge in [0, 0.05) is 12.8 Å². The van der Waals surface area contributed by atoms with Crippen molar-refractivity contribution in [3.05, 3.63) is 29.8 Å². The first-order chi connectivity index (χ1) is 24.6. The number of rotatable bonds is 23. The van der Waals surface area contributed by atoms with Crippen LogP contribution in [-0.4, -0.2) is 98.3 Å². The summed E-state index contributed by atoms with van der Waals surface area (Å²) in [5.41, 5.74) is 0.676. The van der Waals surface area contributed by atoms with Crippen molar-refractivity contribution in [2.75, 3.05) is 0 Å². The summed E-state index contributed by atoms with van der Waals surface area (Å²) >= 11 is 0. The van der Waals surface area contributed by atoms with Gasteiger partial charge in [-0.3, -0.25) is 28.8 Å². The van der Waals surface area contributed by atoms with Gasteiger partial charge < -0.3 is 47.0 Å². The van der Waals surface area contributed by atoms with Gasteiger partial charge in [0.1, 0.15) is 23.9 Å². The number of aromatic hydroxyl groups is 1. The molecule has 0 aliphatic heterocycles. The summed E-state index contributed by atoms with van der Waals surface area (Å²) in [4.78, 5) is 77.0. The monoisotopic (exact) mass is 749 g/mol. The van der Waals surface area contributed by atoms with Gasteiger partial charge in [0.15, 0.2) is 0 Å². The standard InChI is InChI=1S/C38H63N5O10/c1-20(2)14-27(30(45)18-33(48)39-24(9)36(51)41-28(15-21(3)4)31(46)19-34(49)50)42-38(53)35(23(7)8)43-37(52)29(40-32(47)16-22(5)6)17-25-10-12-26(44)13-11-25/h10-13,20-24,27-31,35,44-46H,14-19H2,1-9H3,(H,39,48)(H,40,47)(H,41,51)(H,42,53)(H,43,52)(H,49,50)/t24-,27-,28-,29-,30-,31-,35-/m0/s1. The van der Waals surface area contributed by atoms with Crippen molar-refractivity contribution in [1.29, 1.82) is 0 Å². The van der Waals surface area contributed by atoms with Crippen LogP contribution in [-0.2, 0) is 35.2 Å². The van der Waals surface area contributed by atoms with Crippen LogP contribution < -0.4 is 26.6 Å². The van der Waals surface area contributed by atoms with Gasteiger partial charge in [-0.15, -0.1) is 0 Å². The van der Waals surface area contributed by atoms with E-state index < -0.39 is 90.8 Å². The fourth-order valence-corrected chi connectivity index (χ4v) is 5.73. The summed E-state index contributed by atoms with van der Waals surface area (Å²) in [7, 11) is 0. The summed E-state index contributed by atoms with van der Waals surface area (Å²) < 4.78 is 0. The molecule has 9 N–H and O–H groups in total. The van der Waals surface area contributed by atoms with Crippen LogP contribution in [0.4, 0.5) is 0 Å². The molecule has 5 amide bonds. The molecule has 0 spiro atoms. The first-order valence-corrected chi connectivity index (χ1v) is 18.4. The van der Waals surface area contributed by atoms with Gasteiger partial charge in [0.2, 0.25) is 29.5 Å². The summed E-state index contributed by atoms with van der Waals surface area (Å²) in [6, 6.07) is 1.26. The highest BCUT2D eigenvalue weighted by Gasteiger charge is 2.33. The van der Waals surface area contributed by atoms with E-state index in [4.69, 9.17) is 5.11 Å². The third-order valence-electron chi connectivity index (χ3n) is 8.45. The molecule has 53 heavy (non-hydrogen) atoms. The number of carbonyl (C=O) groups is 6. The van der Waals surface area contributed by atoms with Gasteiger partial charge >= 0.3 is 5.97 Å². The molecule has 0 fully saturated rings. The maximum Gasteiger partial charge on any atom is 0.306 e. The minimum atomic E-state index is -1.37. The van der Waals surface area contributed by atoms with Crippen molar-refractivity contribution in [2.24, 2.45) is 23.7 Å². The normalized spacial score (nSPS) is 15.5. The maximum absolute atomic E-state index is 13.7. The van der Waals surface area contributed by atoms with Crippen LogP contribution in [0, 0.1) is 23.7 Å². The Balaban J connectivity index is 3.06. The van der Waals surface area contributed by atoms with Crippen LogP contribution in [0.1, 0.15) is 100.0 Å². The van der Waals surface area contributed by atoms with Crippen molar-refractivity contribution in [2.45, 2.75) is 143 Å². The molecular weight excluding hydrogens is 686 g/mol. The van der Waals surface area contributed by atoms with Gasteiger partial charge in [0.25, 0.3) is 0 Å². The van der Waals surface area contributed by atoms with E-state index in [0.717, 1.165) is 0 Å². The van der Waals surface area contributed by atoms with Crippen LogP contribution in [0.25, 0.3) is 0 Å². The first kappa shape index (κ1) is 46.8. The predicted octanol–water partition coefficient (Wildman–Crippen LogP) is 1.76. The SMILES string of the molecule is CC(C)CC(=O)N[C@@H](Cc1ccc(O)cc1)C(=O)N[C@H](C(=O)N[C@@H](CC(C)C)[C@@H](O)CC(=O)N[C@@H](C)C(=O)N[C@@H](CC(C)C)[C@@H](O)CC(=O)O)C(C)C. The summed E-state index contributed by atoms with van der Waals surface area (Å²) in [5, 5.41) is 53.7. The highest BCUT2D eigenvalue weighted by atomic mass is 16.4. The van der Waals surface area contributed by atoms with Gasteiger partial charge in [-0.25, -0.2) is 0 Å². The Morgan fingerprint density at radius 1 is 0.585 bits per heavy atom. The van der Waals surface area contributed by atoms with Crippen molar-refractivity contribution in [1.82, 2.24) is 26.6 Å². The Kier molecular flexibility index (Phi) is 20.1. The number of phenols is 1. The molecule has 0 saturated carbocycles. The third-order valence-corrected chi connectivity index (χ3v) is 8.45. The molecule has 7 atom stereocenters. The van der Waals surface area contributed by atoms with Crippen LogP contribution in [0.2, 0.25) is 0 Å². The second kappa shape index (κ2) is 22.7. The molecule has 0 unspecified atom stereocenters. The quantitative estimate of drug-likeness (QED) is 0.0785. The van der Waals surface area contributed by atoms with Gasteiger partial charge in [0.05, 0.1) is 37.1 Å². The fraction of sp³-hybridized carbons (Fsp3) is 0.684. The number of carboxylic acids is 1. The second-order valence-electron chi connectivity index (χ2n) is 15.5. The van der Waals surface area contributed by atoms with Crippen LogP contribution in [0.3, 0.4) is 0 Å². The smallest absolute Gasteiger partial charge is 0.306 e. The summed E-state index contributed by atoms with van der Waals surface area (Å²) in [6.45, 7) is 16.1. The van der Waals surface area contributed by atoms with E-state index >= 15 is 0 Å². The lowest BCUT2D eigenvalue weighted by Gasteiger charge is -2.30. The molecule has 0 bridgehead atoms. The lowest BCUT2D eigenvalue weighted by Crippen LogP contribution is -2.58. The zero-order valence-corrected chi connectivity index (χ0v) is 32.6. The molecule has 1 aromatic carbocycles. The van der Waals surface area contributed by atoms with Crippen LogP contribution >= 0.6 is 0 Å². The first-order valence-electron chi connectivity index (χ1n) is 18.4. The predicted molar refractivity (Wildman–Crippen MR) is 199 cm³/mol. The Hall–Kier alpha value is -4.24. The third kappa shape index (κ3) is 18.4. The number of benzene rings is 1. The highest BCUT2D eigenvalue weighted by Crippen LogP contribution is 2.16. The molecule has 0 aromatic heterocycles. The number of phenolic OH excluding ortho intramolecular Hbond substituents is 1. The molecular formula is C38H63N5O10. The molecule has 0 radical (unpaired) electrons. The van der Waals surface area contributed by atoms with Crippen molar-refractivity contribution < 1.29 is 49.2 Å². The average Bonchev–Trinajstić information content (AvgIpc) is 3.01. The molecule has 1 rings (SSSR count). The summed E-state index contributed by atoms with van der Waals surface area (Å²) in [6.07, 6.45) is -2.87. The van der Waals surface area contributed by atoms with Gasteiger partial charge in [-0.05, 0) is 61.1 Å². The molecule has 15 nitrogen and oxygen atoms in total. The van der Waals surface area contributed by atoms with E-state index in [9.17, 15) is 44.1 Å². The lowest BCUT2D eigenvalue weighted by atomic mass is 9.95. The van der Waals surface area contributed by atoms with Gasteiger partial charge in [-0.2, -0.15) is 0 Å². The van der Waals surface area contributed by atoms with E-state index in [0.29, 0.717) is 12.0 Å². The van der Waals surface area contributed by atoms with Crippen molar-refractivity contribution >= 4 is 35.5 Å². The molecule has 0 aliphatic rings. The molecule has 0 heterocycles. The Bertz CT molecular complexity index is 1350. The number of nitrogens with one attached hydrogen (secondary N) is 5. The lowest BCUT2D eigenvalue weighted by molar-refractivity contribution is -0.140. The van der Waals surface area contributed by atoms with Gasteiger partial charge in [-0.1, -0.05) is 67.5 Å². The number of amides is 5. The largest absolute Gasteiger partial charge is 0.508 e. The topological polar surface area (TPSA) is 243 Å². The average molecular weight is 750 g/mol. The molecule has 300 valence electrons. The van der Waals surface area contributed by atoms with E-state index in [1.165, 1.54) is 19.1 Å². The highest BCUT2D eigenvalue weighted by molar-refractivity contribution is 5.92. The van der Waals surface area contributed by atoms with Crippen molar-refractivity contribution in [3.8, 4) is 5.75 Å². The van der Waals surface area contributed by atoms with E-state index in [-0.39, 0.29) is 48.7 Å². The van der Waals surface area contributed by atoms with E-state index in [1.807, 2.05) is 41.5 Å². The van der Waals surface area contributed by atoms with Crippen LogP contribution in [0.15, 0.2) is 24.3 Å². The Morgan fingerprint density at radius 3 is 1.55 bits per heavy atom. The minimum Gasteiger partial charge on any atom is -0.508 e. The number of aliphatic hydroxyl groups excluding tert-OH is 2. The minimum absolute atomic E-state index is 0.0178. The zero-order valence-electron chi connectivity index (χ0n) is 32.6. The van der Waals surface area contributed by atoms with E-state index in [2.05, 4.69) is 26.6 Å². The number of hydrogen-bond donors (Lipinski definition) is 9. The Morgan fingerprint density at radius 2 is 1.08 bits per heavy atom. The van der Waals surface area contributed by atoms with Crippen LogP contribution in [0.5, 0.6) is 5.75 Å². The van der Waals surface area contributed by atoms with Crippen molar-refractivity contribution in [3.63, 3.8) is 0 Å². The number of carboxylic acid groups (broad SMARTS) is 1. The maximum atomic E-state index is 13.7. The number of aliphatic hydroxyl groups is 2. The number of carbonyl (C=O) groups excluding carboxylic acids is 5. The number of aliphatic carboxylic acids is 1. The molecule has 0 aliphatic carbocycles. The summed E-state index contributed by atoms with van der Waals surface area (Å²) in [5.74, 6) is -4.38. The molecule has 1 aromatic rings. The molecule has 15 heteroatoms. The van der Waals surface area contributed by atoms with E-state index in [1.54, 1.807) is 26.0 Å². The molecule has 0 saturated heterocycles. The fourth-order valence-electron chi connectivity index (χ4n) is 5.73. The number of hydrogen-bond acceptors (Lipinski definition) is 9. The second-order valence-corrected chi connectivity index (χ2v) is 15.5. The zero-order chi connectivity index (χ0) is 40.6. The Labute approximate surface area is 313 Å².